The van der Waals surface area contributed by atoms with E-state index in [9.17, 15) is 19.2 Å². The van der Waals surface area contributed by atoms with Gasteiger partial charge in [0.15, 0.2) is 5.78 Å². The SMILES string of the molecule is CC(=O)N1CCCN(C(=O)c2c(C)oc3c2C(=O)CCC3)CCNC(=O)CC1c1ccccc1. The molecule has 1 atom stereocenters. The smallest absolute Gasteiger partial charge is 0.258 e. The maximum absolute atomic E-state index is 13.6. The Morgan fingerprint density at radius 3 is 2.53 bits per heavy atom. The number of ketones is 1. The van der Waals surface area contributed by atoms with Gasteiger partial charge in [-0.05, 0) is 25.3 Å². The van der Waals surface area contributed by atoms with Crippen molar-refractivity contribution >= 4 is 23.5 Å². The number of furan rings is 1. The van der Waals surface area contributed by atoms with Crippen LogP contribution in [0.15, 0.2) is 34.7 Å². The maximum atomic E-state index is 13.6. The zero-order valence-corrected chi connectivity index (χ0v) is 19.8. The van der Waals surface area contributed by atoms with Crippen LogP contribution in [0.5, 0.6) is 0 Å². The summed E-state index contributed by atoms with van der Waals surface area (Å²) in [5, 5.41) is 2.89. The van der Waals surface area contributed by atoms with E-state index in [0.29, 0.717) is 68.1 Å². The van der Waals surface area contributed by atoms with Crippen LogP contribution in [0.2, 0.25) is 0 Å². The van der Waals surface area contributed by atoms with Gasteiger partial charge in [0.1, 0.15) is 11.5 Å². The molecule has 0 bridgehead atoms. The van der Waals surface area contributed by atoms with Crippen molar-refractivity contribution in [3.8, 4) is 0 Å². The Morgan fingerprint density at radius 1 is 1.03 bits per heavy atom. The number of Topliss-reactive ketones (excluding diaryl/α,β-unsaturated/α-hetero) is 1. The lowest BCUT2D eigenvalue weighted by Crippen LogP contribution is -2.39. The number of hydrogen-bond acceptors (Lipinski definition) is 5. The number of rotatable bonds is 2. The van der Waals surface area contributed by atoms with Crippen molar-refractivity contribution in [2.75, 3.05) is 26.2 Å². The highest BCUT2D eigenvalue weighted by Gasteiger charge is 2.33. The predicted molar refractivity (Wildman–Crippen MR) is 125 cm³/mol. The number of nitrogens with one attached hydrogen (secondary N) is 1. The second-order valence-electron chi connectivity index (χ2n) is 8.95. The quantitative estimate of drug-likeness (QED) is 0.735. The summed E-state index contributed by atoms with van der Waals surface area (Å²) in [5.41, 5.74) is 1.66. The molecule has 8 nitrogen and oxygen atoms in total. The van der Waals surface area contributed by atoms with Crippen LogP contribution < -0.4 is 5.32 Å². The Morgan fingerprint density at radius 2 is 1.79 bits per heavy atom. The van der Waals surface area contributed by atoms with Crippen molar-refractivity contribution in [3.05, 3.63) is 58.5 Å². The molecule has 1 N–H and O–H groups in total. The van der Waals surface area contributed by atoms with Crippen molar-refractivity contribution in [2.24, 2.45) is 0 Å². The second-order valence-corrected chi connectivity index (χ2v) is 8.95. The van der Waals surface area contributed by atoms with E-state index in [2.05, 4.69) is 5.32 Å². The molecule has 1 saturated heterocycles. The van der Waals surface area contributed by atoms with E-state index in [1.165, 1.54) is 6.92 Å². The van der Waals surface area contributed by atoms with E-state index in [1.54, 1.807) is 16.7 Å². The largest absolute Gasteiger partial charge is 0.465 e. The zero-order chi connectivity index (χ0) is 24.2. The minimum atomic E-state index is -0.373. The summed E-state index contributed by atoms with van der Waals surface area (Å²) in [5.74, 6) is 0.432. The third-order valence-corrected chi connectivity index (χ3v) is 6.62. The standard InChI is InChI=1S/C26H31N3O5/c1-17-24(25-21(31)10-6-11-22(25)34-17)26(33)28-13-7-14-29(18(2)30)20(16-23(32)27-12-15-28)19-8-4-3-5-9-19/h3-5,8-9,20H,6-7,10-16H2,1-2H3,(H,27,32). The normalized spacial score (nSPS) is 19.8. The number of carbonyl (C=O) groups is 4. The lowest BCUT2D eigenvalue weighted by atomic mass is 9.93. The monoisotopic (exact) mass is 465 g/mol. The van der Waals surface area contributed by atoms with Gasteiger partial charge in [0.05, 0.1) is 23.6 Å². The lowest BCUT2D eigenvalue weighted by Gasteiger charge is -2.31. The summed E-state index contributed by atoms with van der Waals surface area (Å²) >= 11 is 0. The van der Waals surface area contributed by atoms with Crippen LogP contribution in [0, 0.1) is 6.92 Å². The van der Waals surface area contributed by atoms with E-state index in [1.807, 2.05) is 30.3 Å². The molecule has 0 saturated carbocycles. The minimum absolute atomic E-state index is 0.0546. The number of nitrogens with zero attached hydrogens (tertiary/aromatic N) is 2. The van der Waals surface area contributed by atoms with Crippen LogP contribution in [0.25, 0.3) is 0 Å². The molecule has 2 heterocycles. The Hall–Kier alpha value is -3.42. The fraction of sp³-hybridized carbons (Fsp3) is 0.462. The average Bonchev–Trinajstić information content (AvgIpc) is 3.14. The van der Waals surface area contributed by atoms with Gasteiger partial charge in [-0.15, -0.1) is 0 Å². The van der Waals surface area contributed by atoms with Gasteiger partial charge >= 0.3 is 0 Å². The molecule has 3 amide bonds. The third kappa shape index (κ3) is 4.90. The molecule has 2 aliphatic rings. The minimum Gasteiger partial charge on any atom is -0.465 e. The summed E-state index contributed by atoms with van der Waals surface area (Å²) in [6.45, 7) is 4.63. The molecule has 1 unspecified atom stereocenters. The van der Waals surface area contributed by atoms with E-state index < -0.39 is 0 Å². The van der Waals surface area contributed by atoms with Gasteiger partial charge in [-0.2, -0.15) is 0 Å². The van der Waals surface area contributed by atoms with Crippen LogP contribution in [-0.2, 0) is 16.0 Å². The number of amides is 3. The molecular formula is C26H31N3O5. The molecule has 1 fully saturated rings. The summed E-state index contributed by atoms with van der Waals surface area (Å²) in [6.07, 6.45) is 2.50. The Bertz CT molecular complexity index is 1090. The number of aryl methyl sites for hydroxylation is 2. The Kier molecular flexibility index (Phi) is 7.14. The average molecular weight is 466 g/mol. The first-order valence-corrected chi connectivity index (χ1v) is 11.9. The van der Waals surface area contributed by atoms with Crippen LogP contribution >= 0.6 is 0 Å². The first-order valence-electron chi connectivity index (χ1n) is 11.9. The number of fused-ring (bicyclic) bond motifs is 1. The zero-order valence-electron chi connectivity index (χ0n) is 19.8. The fourth-order valence-electron chi connectivity index (χ4n) is 4.96. The molecule has 8 heteroatoms. The first kappa shape index (κ1) is 23.7. The molecule has 0 radical (unpaired) electrons. The molecule has 180 valence electrons. The maximum Gasteiger partial charge on any atom is 0.258 e. The van der Waals surface area contributed by atoms with Gasteiger partial charge in [0.2, 0.25) is 11.8 Å². The molecule has 1 aliphatic heterocycles. The van der Waals surface area contributed by atoms with Crippen molar-refractivity contribution < 1.29 is 23.6 Å². The Balaban J connectivity index is 1.58. The molecule has 1 aromatic carbocycles. The predicted octanol–water partition coefficient (Wildman–Crippen LogP) is 3.05. The van der Waals surface area contributed by atoms with Crippen molar-refractivity contribution in [2.45, 2.75) is 52.0 Å². The van der Waals surface area contributed by atoms with Gasteiger partial charge in [0, 0.05) is 45.9 Å². The van der Waals surface area contributed by atoms with E-state index in [-0.39, 0.29) is 36.0 Å². The number of carbonyl (C=O) groups excluding carboxylic acids is 4. The third-order valence-electron chi connectivity index (χ3n) is 6.62. The summed E-state index contributed by atoms with van der Waals surface area (Å²) in [7, 11) is 0. The molecule has 1 aromatic heterocycles. The topological polar surface area (TPSA) is 99.9 Å². The van der Waals surface area contributed by atoms with Gasteiger partial charge in [-0.25, -0.2) is 0 Å². The van der Waals surface area contributed by atoms with Crippen molar-refractivity contribution in [1.82, 2.24) is 15.1 Å². The van der Waals surface area contributed by atoms with E-state index in [4.69, 9.17) is 4.42 Å². The molecular weight excluding hydrogens is 434 g/mol. The molecule has 4 rings (SSSR count). The second kappa shape index (κ2) is 10.2. The van der Waals surface area contributed by atoms with Gasteiger partial charge in [-0.1, -0.05) is 30.3 Å². The van der Waals surface area contributed by atoms with Gasteiger partial charge in [-0.3, -0.25) is 19.2 Å². The van der Waals surface area contributed by atoms with Gasteiger partial charge in [0.25, 0.3) is 5.91 Å². The molecule has 2 aromatic rings. The van der Waals surface area contributed by atoms with Crippen LogP contribution in [0.4, 0.5) is 0 Å². The highest BCUT2D eigenvalue weighted by Crippen LogP contribution is 2.31. The lowest BCUT2D eigenvalue weighted by molar-refractivity contribution is -0.132. The van der Waals surface area contributed by atoms with E-state index in [0.717, 1.165) is 12.0 Å². The Labute approximate surface area is 199 Å². The van der Waals surface area contributed by atoms with Crippen LogP contribution in [0.3, 0.4) is 0 Å². The summed E-state index contributed by atoms with van der Waals surface area (Å²) < 4.78 is 5.78. The first-order chi connectivity index (χ1) is 16.4. The van der Waals surface area contributed by atoms with Gasteiger partial charge < -0.3 is 19.5 Å². The summed E-state index contributed by atoms with van der Waals surface area (Å²) in [4.78, 5) is 54.8. The van der Waals surface area contributed by atoms with Crippen molar-refractivity contribution in [3.63, 3.8) is 0 Å². The highest BCUT2D eigenvalue weighted by molar-refractivity contribution is 6.10. The molecule has 34 heavy (non-hydrogen) atoms. The fourth-order valence-corrected chi connectivity index (χ4v) is 4.96. The molecule has 0 spiro atoms. The number of hydrogen-bond donors (Lipinski definition) is 1. The summed E-state index contributed by atoms with van der Waals surface area (Å²) in [6, 6.07) is 9.16. The highest BCUT2D eigenvalue weighted by atomic mass is 16.3. The van der Waals surface area contributed by atoms with E-state index >= 15 is 0 Å². The number of benzene rings is 1. The van der Waals surface area contributed by atoms with Crippen LogP contribution in [-0.4, -0.2) is 59.5 Å². The van der Waals surface area contributed by atoms with Crippen LogP contribution in [0.1, 0.15) is 76.4 Å². The van der Waals surface area contributed by atoms with Crippen molar-refractivity contribution in [1.29, 1.82) is 0 Å². The molecule has 1 aliphatic carbocycles.